The Morgan fingerprint density at radius 1 is 1.39 bits per heavy atom. The SMILES string of the molecule is CCN(C(=O)C1OCCC1C)C1CCCC1CN. The van der Waals surface area contributed by atoms with Gasteiger partial charge in [-0.2, -0.15) is 0 Å². The van der Waals surface area contributed by atoms with Crippen molar-refractivity contribution < 1.29 is 9.53 Å². The molecule has 0 aromatic rings. The molecule has 2 N–H and O–H groups in total. The van der Waals surface area contributed by atoms with Gasteiger partial charge in [-0.3, -0.25) is 4.79 Å². The Labute approximate surface area is 110 Å². The van der Waals surface area contributed by atoms with Crippen molar-refractivity contribution in [3.05, 3.63) is 0 Å². The normalized spacial score (nSPS) is 35.9. The molecular formula is C14H26N2O2. The average Bonchev–Trinajstić information content (AvgIpc) is 2.98. The van der Waals surface area contributed by atoms with Gasteiger partial charge in [-0.25, -0.2) is 0 Å². The summed E-state index contributed by atoms with van der Waals surface area (Å²) in [6.45, 7) is 6.35. The molecule has 4 atom stereocenters. The highest BCUT2D eigenvalue weighted by Crippen LogP contribution is 2.31. The van der Waals surface area contributed by atoms with Crippen LogP contribution >= 0.6 is 0 Å². The van der Waals surface area contributed by atoms with Crippen LogP contribution in [0.25, 0.3) is 0 Å². The van der Waals surface area contributed by atoms with Gasteiger partial charge < -0.3 is 15.4 Å². The zero-order chi connectivity index (χ0) is 13.1. The van der Waals surface area contributed by atoms with Crippen molar-refractivity contribution >= 4 is 5.91 Å². The van der Waals surface area contributed by atoms with Gasteiger partial charge in [0.1, 0.15) is 6.10 Å². The summed E-state index contributed by atoms with van der Waals surface area (Å²) in [5.41, 5.74) is 5.83. The topological polar surface area (TPSA) is 55.6 Å². The molecule has 18 heavy (non-hydrogen) atoms. The first kappa shape index (κ1) is 13.8. The molecule has 2 fully saturated rings. The lowest BCUT2D eigenvalue weighted by Gasteiger charge is -2.34. The maximum Gasteiger partial charge on any atom is 0.252 e. The lowest BCUT2D eigenvalue weighted by atomic mass is 9.98. The summed E-state index contributed by atoms with van der Waals surface area (Å²) in [6.07, 6.45) is 4.23. The quantitative estimate of drug-likeness (QED) is 0.825. The number of amides is 1. The van der Waals surface area contributed by atoms with E-state index < -0.39 is 0 Å². The maximum atomic E-state index is 12.6. The smallest absolute Gasteiger partial charge is 0.252 e. The molecule has 1 aliphatic carbocycles. The highest BCUT2D eigenvalue weighted by atomic mass is 16.5. The van der Waals surface area contributed by atoms with Crippen LogP contribution in [0.15, 0.2) is 0 Å². The summed E-state index contributed by atoms with van der Waals surface area (Å²) in [5, 5.41) is 0. The molecule has 1 amide bonds. The van der Waals surface area contributed by atoms with Crippen LogP contribution in [0.4, 0.5) is 0 Å². The molecule has 1 aliphatic heterocycles. The van der Waals surface area contributed by atoms with Crippen molar-refractivity contribution in [2.75, 3.05) is 19.7 Å². The van der Waals surface area contributed by atoms with E-state index >= 15 is 0 Å². The van der Waals surface area contributed by atoms with Crippen LogP contribution in [0.1, 0.15) is 39.5 Å². The molecule has 0 aromatic carbocycles. The predicted molar refractivity (Wildman–Crippen MR) is 71.1 cm³/mol. The standard InChI is InChI=1S/C14H26N2O2/c1-3-16(12-6-4-5-11(12)9-15)14(17)13-10(2)7-8-18-13/h10-13H,3-9,15H2,1-2H3. The minimum Gasteiger partial charge on any atom is -0.368 e. The summed E-state index contributed by atoms with van der Waals surface area (Å²) >= 11 is 0. The fourth-order valence-electron chi connectivity index (χ4n) is 3.43. The monoisotopic (exact) mass is 254 g/mol. The van der Waals surface area contributed by atoms with Crippen LogP contribution in [0.3, 0.4) is 0 Å². The van der Waals surface area contributed by atoms with Crippen LogP contribution < -0.4 is 5.73 Å². The Balaban J connectivity index is 2.05. The number of nitrogens with zero attached hydrogens (tertiary/aromatic N) is 1. The number of hydrogen-bond acceptors (Lipinski definition) is 3. The highest BCUT2D eigenvalue weighted by Gasteiger charge is 2.39. The lowest BCUT2D eigenvalue weighted by Crippen LogP contribution is -2.49. The zero-order valence-electron chi connectivity index (χ0n) is 11.6. The van der Waals surface area contributed by atoms with Crippen molar-refractivity contribution in [3.8, 4) is 0 Å². The summed E-state index contributed by atoms with van der Waals surface area (Å²) in [4.78, 5) is 14.6. The van der Waals surface area contributed by atoms with E-state index in [1.165, 1.54) is 6.42 Å². The second-order valence-corrected chi connectivity index (χ2v) is 5.68. The van der Waals surface area contributed by atoms with Gasteiger partial charge in [0.05, 0.1) is 0 Å². The summed E-state index contributed by atoms with van der Waals surface area (Å²) in [6, 6.07) is 0.337. The van der Waals surface area contributed by atoms with Gasteiger partial charge in [-0.05, 0) is 44.6 Å². The molecule has 1 saturated heterocycles. The molecule has 4 heteroatoms. The van der Waals surface area contributed by atoms with E-state index in [9.17, 15) is 4.79 Å². The number of rotatable bonds is 4. The van der Waals surface area contributed by atoms with Gasteiger partial charge in [-0.1, -0.05) is 13.3 Å². The Kier molecular flexibility index (Phi) is 4.62. The fourth-order valence-corrected chi connectivity index (χ4v) is 3.43. The van der Waals surface area contributed by atoms with Crippen LogP contribution in [0.5, 0.6) is 0 Å². The van der Waals surface area contributed by atoms with Gasteiger partial charge in [0.15, 0.2) is 0 Å². The van der Waals surface area contributed by atoms with E-state index in [0.29, 0.717) is 24.4 Å². The van der Waals surface area contributed by atoms with Gasteiger partial charge in [-0.15, -0.1) is 0 Å². The Bertz CT molecular complexity index is 296. The van der Waals surface area contributed by atoms with Crippen molar-refractivity contribution in [1.29, 1.82) is 0 Å². The van der Waals surface area contributed by atoms with E-state index in [2.05, 4.69) is 13.8 Å². The van der Waals surface area contributed by atoms with Crippen molar-refractivity contribution in [2.24, 2.45) is 17.6 Å². The van der Waals surface area contributed by atoms with E-state index in [1.54, 1.807) is 0 Å². The summed E-state index contributed by atoms with van der Waals surface area (Å²) in [5.74, 6) is 1.02. The van der Waals surface area contributed by atoms with E-state index in [0.717, 1.165) is 32.4 Å². The predicted octanol–water partition coefficient (Wildman–Crippen LogP) is 1.39. The first-order chi connectivity index (χ1) is 8.69. The largest absolute Gasteiger partial charge is 0.368 e. The second-order valence-electron chi connectivity index (χ2n) is 5.68. The van der Waals surface area contributed by atoms with Crippen LogP contribution in [0, 0.1) is 11.8 Å². The fraction of sp³-hybridized carbons (Fsp3) is 0.929. The Hall–Kier alpha value is -0.610. The van der Waals surface area contributed by atoms with Crippen LogP contribution in [0.2, 0.25) is 0 Å². The summed E-state index contributed by atoms with van der Waals surface area (Å²) < 4.78 is 5.62. The number of ether oxygens (including phenoxy) is 1. The van der Waals surface area contributed by atoms with Gasteiger partial charge in [0.25, 0.3) is 5.91 Å². The lowest BCUT2D eigenvalue weighted by molar-refractivity contribution is -0.145. The number of carbonyl (C=O) groups excluding carboxylic acids is 1. The zero-order valence-corrected chi connectivity index (χ0v) is 11.6. The number of hydrogen-bond donors (Lipinski definition) is 1. The molecule has 1 heterocycles. The van der Waals surface area contributed by atoms with Gasteiger partial charge >= 0.3 is 0 Å². The minimum absolute atomic E-state index is 0.188. The van der Waals surface area contributed by atoms with Crippen molar-refractivity contribution in [3.63, 3.8) is 0 Å². The third-order valence-electron chi connectivity index (χ3n) is 4.58. The third-order valence-corrected chi connectivity index (χ3v) is 4.58. The molecular weight excluding hydrogens is 228 g/mol. The molecule has 0 bridgehead atoms. The molecule has 2 rings (SSSR count). The molecule has 0 aromatic heterocycles. The van der Waals surface area contributed by atoms with Crippen molar-refractivity contribution in [1.82, 2.24) is 4.90 Å². The molecule has 2 aliphatic rings. The maximum absolute atomic E-state index is 12.6. The first-order valence-electron chi connectivity index (χ1n) is 7.31. The van der Waals surface area contributed by atoms with Crippen LogP contribution in [-0.4, -0.2) is 42.6 Å². The molecule has 104 valence electrons. The third kappa shape index (κ3) is 2.54. The van der Waals surface area contributed by atoms with E-state index in [1.807, 2.05) is 4.90 Å². The Morgan fingerprint density at radius 2 is 2.17 bits per heavy atom. The van der Waals surface area contributed by atoms with Gasteiger partial charge in [0, 0.05) is 19.2 Å². The first-order valence-corrected chi connectivity index (χ1v) is 7.31. The number of carbonyl (C=O) groups is 1. The van der Waals surface area contributed by atoms with E-state index in [-0.39, 0.29) is 12.0 Å². The Morgan fingerprint density at radius 3 is 2.72 bits per heavy atom. The molecule has 1 saturated carbocycles. The minimum atomic E-state index is -0.219. The number of likely N-dealkylation sites (N-methyl/N-ethyl adjacent to an activating group) is 1. The molecule has 0 radical (unpaired) electrons. The summed E-state index contributed by atoms with van der Waals surface area (Å²) in [7, 11) is 0. The van der Waals surface area contributed by atoms with Crippen molar-refractivity contribution in [2.45, 2.75) is 51.7 Å². The highest BCUT2D eigenvalue weighted by molar-refractivity contribution is 5.82. The molecule has 4 nitrogen and oxygen atoms in total. The molecule has 4 unspecified atom stereocenters. The average molecular weight is 254 g/mol. The van der Waals surface area contributed by atoms with E-state index in [4.69, 9.17) is 10.5 Å². The van der Waals surface area contributed by atoms with Crippen LogP contribution in [-0.2, 0) is 9.53 Å². The number of nitrogens with two attached hydrogens (primary N) is 1. The second kappa shape index (κ2) is 6.02. The molecule has 0 spiro atoms. The van der Waals surface area contributed by atoms with Gasteiger partial charge in [0.2, 0.25) is 0 Å².